The second-order valence-corrected chi connectivity index (χ2v) is 3.10. The van der Waals surface area contributed by atoms with Crippen molar-refractivity contribution in [1.29, 1.82) is 0 Å². The third-order valence-electron chi connectivity index (χ3n) is 1.36. The van der Waals surface area contributed by atoms with E-state index in [1.54, 1.807) is 6.08 Å². The maximum absolute atomic E-state index is 12.5. The Balaban J connectivity index is 2.61. The van der Waals surface area contributed by atoms with Crippen LogP contribution in [0.4, 0.5) is 4.39 Å². The summed E-state index contributed by atoms with van der Waals surface area (Å²) in [4.78, 5) is 3.55. The highest BCUT2D eigenvalue weighted by Gasteiger charge is 2.02. The van der Waals surface area contributed by atoms with Crippen LogP contribution in [0.3, 0.4) is 0 Å². The number of rotatable bonds is 4. The van der Waals surface area contributed by atoms with E-state index in [0.29, 0.717) is 17.0 Å². The van der Waals surface area contributed by atoms with Crippen LogP contribution in [-0.4, -0.2) is 11.6 Å². The van der Waals surface area contributed by atoms with Crippen molar-refractivity contribution in [2.45, 2.75) is 6.42 Å². The lowest BCUT2D eigenvalue weighted by Gasteiger charge is -2.05. The monoisotopic (exact) mass is 245 g/mol. The van der Waals surface area contributed by atoms with Gasteiger partial charge in [0.25, 0.3) is 0 Å². The van der Waals surface area contributed by atoms with Crippen LogP contribution in [0.5, 0.6) is 5.75 Å². The average Bonchev–Trinajstić information content (AvgIpc) is 2.09. The van der Waals surface area contributed by atoms with Crippen molar-refractivity contribution in [2.24, 2.45) is 0 Å². The fourth-order valence-corrected chi connectivity index (χ4v) is 1.18. The minimum absolute atomic E-state index is 0.386. The van der Waals surface area contributed by atoms with Gasteiger partial charge in [0.05, 0.1) is 6.61 Å². The molecule has 0 fully saturated rings. The predicted molar refractivity (Wildman–Crippen MR) is 52.2 cm³/mol. The molecule has 1 aromatic rings. The molecule has 0 saturated heterocycles. The Morgan fingerprint density at radius 1 is 1.62 bits per heavy atom. The van der Waals surface area contributed by atoms with E-state index < -0.39 is 5.95 Å². The first-order valence-electron chi connectivity index (χ1n) is 3.80. The molecule has 1 aromatic heterocycles. The summed E-state index contributed by atoms with van der Waals surface area (Å²) in [7, 11) is 0. The fraction of sp³-hybridized carbons (Fsp3) is 0.222. The van der Waals surface area contributed by atoms with Gasteiger partial charge in [0.2, 0.25) is 5.95 Å². The molecular weight excluding hydrogens is 237 g/mol. The molecule has 1 rings (SSSR count). The minimum atomic E-state index is -0.525. The maximum atomic E-state index is 12.5. The molecule has 4 heteroatoms. The quantitative estimate of drug-likeness (QED) is 0.463. The summed E-state index contributed by atoms with van der Waals surface area (Å²) >= 11 is 3.10. The Kier molecular flexibility index (Phi) is 3.89. The summed E-state index contributed by atoms with van der Waals surface area (Å²) in [5.41, 5.74) is 0. The van der Waals surface area contributed by atoms with Crippen LogP contribution < -0.4 is 4.74 Å². The van der Waals surface area contributed by atoms with Crippen molar-refractivity contribution in [3.8, 4) is 5.75 Å². The number of aromatic nitrogens is 1. The van der Waals surface area contributed by atoms with Crippen LogP contribution >= 0.6 is 15.9 Å². The van der Waals surface area contributed by atoms with Crippen molar-refractivity contribution in [1.82, 2.24) is 4.98 Å². The molecule has 0 aliphatic carbocycles. The zero-order valence-electron chi connectivity index (χ0n) is 6.96. The van der Waals surface area contributed by atoms with Crippen LogP contribution in [0.1, 0.15) is 6.42 Å². The van der Waals surface area contributed by atoms with Crippen LogP contribution in [0.15, 0.2) is 29.4 Å². The van der Waals surface area contributed by atoms with Crippen molar-refractivity contribution in [3.05, 3.63) is 35.3 Å². The number of halogens is 2. The molecule has 0 amide bonds. The Hall–Kier alpha value is -0.900. The summed E-state index contributed by atoms with van der Waals surface area (Å²) < 4.78 is 18.2. The number of pyridine rings is 1. The highest BCUT2D eigenvalue weighted by atomic mass is 79.9. The van der Waals surface area contributed by atoms with Gasteiger partial charge in [-0.3, -0.25) is 0 Å². The van der Waals surface area contributed by atoms with Gasteiger partial charge in [0.15, 0.2) is 10.4 Å². The maximum Gasteiger partial charge on any atom is 0.214 e. The molecule has 0 bridgehead atoms. The first kappa shape index (κ1) is 10.2. The molecule has 0 aromatic carbocycles. The van der Waals surface area contributed by atoms with Crippen LogP contribution in [0.2, 0.25) is 0 Å². The van der Waals surface area contributed by atoms with E-state index in [4.69, 9.17) is 4.74 Å². The standard InChI is InChI=1S/C9H9BrFNO/c1-2-3-6-13-7-4-5-8(11)12-9(7)10/h2,4-5H,1,3,6H2. The molecular formula is C9H9BrFNO. The number of nitrogens with zero attached hydrogens (tertiary/aromatic N) is 1. The molecule has 0 aliphatic heterocycles. The fourth-order valence-electron chi connectivity index (χ4n) is 0.759. The van der Waals surface area contributed by atoms with E-state index in [9.17, 15) is 4.39 Å². The largest absolute Gasteiger partial charge is 0.490 e. The first-order chi connectivity index (χ1) is 6.24. The Morgan fingerprint density at radius 3 is 3.00 bits per heavy atom. The zero-order valence-corrected chi connectivity index (χ0v) is 8.55. The highest BCUT2D eigenvalue weighted by Crippen LogP contribution is 2.22. The second-order valence-electron chi connectivity index (χ2n) is 2.35. The van der Waals surface area contributed by atoms with Crippen molar-refractivity contribution in [2.75, 3.05) is 6.61 Å². The van der Waals surface area contributed by atoms with E-state index in [1.165, 1.54) is 12.1 Å². The molecule has 13 heavy (non-hydrogen) atoms. The van der Waals surface area contributed by atoms with E-state index in [1.807, 2.05) is 0 Å². The van der Waals surface area contributed by atoms with Crippen LogP contribution in [-0.2, 0) is 0 Å². The van der Waals surface area contributed by atoms with Crippen molar-refractivity contribution < 1.29 is 9.13 Å². The third kappa shape index (κ3) is 3.14. The smallest absolute Gasteiger partial charge is 0.214 e. The van der Waals surface area contributed by atoms with Gasteiger partial charge in [-0.2, -0.15) is 4.39 Å². The molecule has 1 heterocycles. The van der Waals surface area contributed by atoms with Gasteiger partial charge in [0.1, 0.15) is 0 Å². The Morgan fingerprint density at radius 2 is 2.38 bits per heavy atom. The summed E-state index contributed by atoms with van der Waals surface area (Å²) in [6, 6.07) is 2.80. The molecule has 0 N–H and O–H groups in total. The van der Waals surface area contributed by atoms with Gasteiger partial charge in [0, 0.05) is 0 Å². The van der Waals surface area contributed by atoms with Gasteiger partial charge >= 0.3 is 0 Å². The molecule has 0 radical (unpaired) electrons. The lowest BCUT2D eigenvalue weighted by Crippen LogP contribution is -1.97. The Bertz CT molecular complexity index is 304. The van der Waals surface area contributed by atoms with E-state index in [-0.39, 0.29) is 0 Å². The van der Waals surface area contributed by atoms with Gasteiger partial charge in [-0.25, -0.2) is 4.98 Å². The molecule has 2 nitrogen and oxygen atoms in total. The minimum Gasteiger partial charge on any atom is -0.490 e. The van der Waals surface area contributed by atoms with Crippen LogP contribution in [0, 0.1) is 5.95 Å². The predicted octanol–water partition coefficient (Wildman–Crippen LogP) is 2.94. The SMILES string of the molecule is C=CCCOc1ccc(F)nc1Br. The average molecular weight is 246 g/mol. The van der Waals surface area contributed by atoms with Gasteiger partial charge < -0.3 is 4.74 Å². The normalized spacial score (nSPS) is 9.69. The second kappa shape index (κ2) is 4.97. The van der Waals surface area contributed by atoms with Crippen molar-refractivity contribution in [3.63, 3.8) is 0 Å². The van der Waals surface area contributed by atoms with Gasteiger partial charge in [-0.15, -0.1) is 6.58 Å². The topological polar surface area (TPSA) is 22.1 Å². The zero-order chi connectivity index (χ0) is 9.68. The van der Waals surface area contributed by atoms with E-state index >= 15 is 0 Å². The number of hydrogen-bond donors (Lipinski definition) is 0. The van der Waals surface area contributed by atoms with Crippen molar-refractivity contribution >= 4 is 15.9 Å². The summed E-state index contributed by atoms with van der Waals surface area (Å²) in [5.74, 6) is 0.0196. The molecule has 0 saturated carbocycles. The first-order valence-corrected chi connectivity index (χ1v) is 4.59. The lowest BCUT2D eigenvalue weighted by atomic mass is 10.4. The van der Waals surface area contributed by atoms with E-state index in [0.717, 1.165) is 6.42 Å². The molecule has 0 unspecified atom stereocenters. The summed E-state index contributed by atoms with van der Waals surface area (Å²) in [6.07, 6.45) is 2.51. The Labute approximate surface area is 84.6 Å². The third-order valence-corrected chi connectivity index (χ3v) is 1.93. The molecule has 70 valence electrons. The van der Waals surface area contributed by atoms with E-state index in [2.05, 4.69) is 27.5 Å². The number of hydrogen-bond acceptors (Lipinski definition) is 2. The number of ether oxygens (including phenoxy) is 1. The molecule has 0 spiro atoms. The molecule has 0 aliphatic rings. The highest BCUT2D eigenvalue weighted by molar-refractivity contribution is 9.10. The summed E-state index contributed by atoms with van der Waals surface area (Å²) in [6.45, 7) is 4.08. The van der Waals surface area contributed by atoms with Gasteiger partial charge in [-0.05, 0) is 34.5 Å². The van der Waals surface area contributed by atoms with Crippen LogP contribution in [0.25, 0.3) is 0 Å². The lowest BCUT2D eigenvalue weighted by molar-refractivity contribution is 0.320. The van der Waals surface area contributed by atoms with Gasteiger partial charge in [-0.1, -0.05) is 6.08 Å². The molecule has 0 atom stereocenters. The summed E-state index contributed by atoms with van der Waals surface area (Å²) in [5, 5.41) is 0.